The molecule has 1 N–H and O–H groups in total. The van der Waals surface area contributed by atoms with Crippen molar-refractivity contribution in [2.45, 2.75) is 26.3 Å². The zero-order valence-corrected chi connectivity index (χ0v) is 13.6. The first-order valence-electron chi connectivity index (χ1n) is 7.05. The van der Waals surface area contributed by atoms with Crippen LogP contribution in [0, 0.1) is 0 Å². The van der Waals surface area contributed by atoms with E-state index in [2.05, 4.69) is 19.2 Å². The van der Waals surface area contributed by atoms with Crippen LogP contribution >= 0.6 is 23.4 Å². The summed E-state index contributed by atoms with van der Waals surface area (Å²) in [4.78, 5) is 14.7. The lowest BCUT2D eigenvalue weighted by Crippen LogP contribution is -2.44. The highest BCUT2D eigenvalue weighted by Crippen LogP contribution is 2.25. The minimum Gasteiger partial charge on any atom is -0.384 e. The van der Waals surface area contributed by atoms with E-state index in [4.69, 9.17) is 11.6 Å². The van der Waals surface area contributed by atoms with Crippen LogP contribution in [0.1, 0.15) is 30.6 Å². The highest BCUT2D eigenvalue weighted by Gasteiger charge is 2.26. The maximum atomic E-state index is 12.8. The van der Waals surface area contributed by atoms with E-state index in [-0.39, 0.29) is 11.9 Å². The molecule has 0 saturated carbocycles. The summed E-state index contributed by atoms with van der Waals surface area (Å²) in [7, 11) is 0. The van der Waals surface area contributed by atoms with Gasteiger partial charge in [0.1, 0.15) is 0 Å². The topological polar surface area (TPSA) is 32.3 Å². The van der Waals surface area contributed by atoms with Gasteiger partial charge in [0.25, 0.3) is 5.91 Å². The largest absolute Gasteiger partial charge is 0.384 e. The molecule has 1 unspecified atom stereocenters. The Morgan fingerprint density at radius 1 is 1.55 bits per heavy atom. The number of halogens is 1. The summed E-state index contributed by atoms with van der Waals surface area (Å²) in [6.45, 7) is 5.87. The maximum Gasteiger partial charge on any atom is 0.256 e. The average molecular weight is 313 g/mol. The molecule has 1 fully saturated rings. The SMILES string of the molecule is CCCNc1ccc(Cl)cc1C(=O)N1CCSCC1C. The molecule has 0 aromatic heterocycles. The number of thioether (sulfide) groups is 1. The molecule has 1 aliphatic rings. The van der Waals surface area contributed by atoms with Gasteiger partial charge in [-0.1, -0.05) is 18.5 Å². The minimum atomic E-state index is 0.0823. The Morgan fingerprint density at radius 3 is 3.05 bits per heavy atom. The molecule has 1 saturated heterocycles. The van der Waals surface area contributed by atoms with Gasteiger partial charge in [-0.3, -0.25) is 4.79 Å². The fraction of sp³-hybridized carbons (Fsp3) is 0.533. The van der Waals surface area contributed by atoms with E-state index in [9.17, 15) is 4.79 Å². The lowest BCUT2D eigenvalue weighted by Gasteiger charge is -2.33. The van der Waals surface area contributed by atoms with Gasteiger partial charge in [-0.15, -0.1) is 0 Å². The van der Waals surface area contributed by atoms with E-state index in [1.165, 1.54) is 0 Å². The third-order valence-corrected chi connectivity index (χ3v) is 4.83. The van der Waals surface area contributed by atoms with Gasteiger partial charge < -0.3 is 10.2 Å². The molecule has 1 aliphatic heterocycles. The Morgan fingerprint density at radius 2 is 2.35 bits per heavy atom. The average Bonchev–Trinajstić information content (AvgIpc) is 2.46. The lowest BCUT2D eigenvalue weighted by molar-refractivity contribution is 0.0717. The predicted molar refractivity (Wildman–Crippen MR) is 88.1 cm³/mol. The standard InChI is InChI=1S/C15H21ClN2OS/c1-3-6-17-14-5-4-12(16)9-13(14)15(19)18-7-8-20-10-11(18)2/h4-5,9,11,17H,3,6-8,10H2,1-2H3. The summed E-state index contributed by atoms with van der Waals surface area (Å²) in [5, 5.41) is 3.92. The maximum absolute atomic E-state index is 12.8. The van der Waals surface area contributed by atoms with Gasteiger partial charge in [-0.25, -0.2) is 0 Å². The molecule has 1 atom stereocenters. The number of anilines is 1. The number of hydrogen-bond donors (Lipinski definition) is 1. The summed E-state index contributed by atoms with van der Waals surface area (Å²) < 4.78 is 0. The van der Waals surface area contributed by atoms with E-state index in [1.807, 2.05) is 28.8 Å². The Bertz CT molecular complexity index is 481. The second-order valence-electron chi connectivity index (χ2n) is 5.04. The smallest absolute Gasteiger partial charge is 0.256 e. The quantitative estimate of drug-likeness (QED) is 0.919. The van der Waals surface area contributed by atoms with E-state index in [0.717, 1.165) is 36.7 Å². The third-order valence-electron chi connectivity index (χ3n) is 3.41. The lowest BCUT2D eigenvalue weighted by atomic mass is 10.1. The van der Waals surface area contributed by atoms with Gasteiger partial charge in [0.2, 0.25) is 0 Å². The zero-order chi connectivity index (χ0) is 14.5. The van der Waals surface area contributed by atoms with Crippen LogP contribution in [0.2, 0.25) is 5.02 Å². The number of amides is 1. The van der Waals surface area contributed by atoms with Crippen molar-refractivity contribution in [2.24, 2.45) is 0 Å². The van der Waals surface area contributed by atoms with Crippen LogP contribution in [-0.4, -0.2) is 41.4 Å². The van der Waals surface area contributed by atoms with Crippen LogP contribution in [-0.2, 0) is 0 Å². The summed E-state index contributed by atoms with van der Waals surface area (Å²) in [6, 6.07) is 5.77. The predicted octanol–water partition coefficient (Wildman–Crippen LogP) is 3.74. The van der Waals surface area contributed by atoms with Crippen molar-refractivity contribution in [3.8, 4) is 0 Å². The molecule has 1 aromatic carbocycles. The fourth-order valence-electron chi connectivity index (χ4n) is 2.29. The van der Waals surface area contributed by atoms with Gasteiger partial charge in [-0.05, 0) is 31.5 Å². The summed E-state index contributed by atoms with van der Waals surface area (Å²) in [5.41, 5.74) is 1.57. The first-order chi connectivity index (χ1) is 9.63. The molecule has 20 heavy (non-hydrogen) atoms. The van der Waals surface area contributed by atoms with Crippen molar-refractivity contribution in [1.82, 2.24) is 4.90 Å². The third kappa shape index (κ3) is 3.61. The van der Waals surface area contributed by atoms with Gasteiger partial charge in [0.15, 0.2) is 0 Å². The molecule has 1 amide bonds. The monoisotopic (exact) mass is 312 g/mol. The van der Waals surface area contributed by atoms with Crippen LogP contribution < -0.4 is 5.32 Å². The van der Waals surface area contributed by atoms with Crippen LogP contribution in [0.4, 0.5) is 5.69 Å². The van der Waals surface area contributed by atoms with E-state index < -0.39 is 0 Å². The van der Waals surface area contributed by atoms with Crippen molar-refractivity contribution in [2.75, 3.05) is 29.9 Å². The minimum absolute atomic E-state index is 0.0823. The number of nitrogens with zero attached hydrogens (tertiary/aromatic N) is 1. The molecule has 0 radical (unpaired) electrons. The van der Waals surface area contributed by atoms with E-state index in [1.54, 1.807) is 6.07 Å². The van der Waals surface area contributed by atoms with Crippen LogP contribution in [0.15, 0.2) is 18.2 Å². The summed E-state index contributed by atoms with van der Waals surface area (Å²) in [6.07, 6.45) is 1.02. The summed E-state index contributed by atoms with van der Waals surface area (Å²) >= 11 is 7.97. The molecule has 2 rings (SSSR count). The highest BCUT2D eigenvalue weighted by atomic mass is 35.5. The first kappa shape index (κ1) is 15.5. The van der Waals surface area contributed by atoms with Crippen molar-refractivity contribution in [3.05, 3.63) is 28.8 Å². The van der Waals surface area contributed by atoms with Crippen molar-refractivity contribution >= 4 is 35.0 Å². The first-order valence-corrected chi connectivity index (χ1v) is 8.59. The number of rotatable bonds is 4. The second-order valence-corrected chi connectivity index (χ2v) is 6.63. The second kappa shape index (κ2) is 7.23. The number of hydrogen-bond acceptors (Lipinski definition) is 3. The molecule has 1 aromatic rings. The Kier molecular flexibility index (Phi) is 5.61. The highest BCUT2D eigenvalue weighted by molar-refractivity contribution is 7.99. The zero-order valence-electron chi connectivity index (χ0n) is 12.0. The molecular formula is C15H21ClN2OS. The molecule has 5 heteroatoms. The van der Waals surface area contributed by atoms with E-state index >= 15 is 0 Å². The fourth-order valence-corrected chi connectivity index (χ4v) is 3.48. The number of carbonyl (C=O) groups is 1. The Hall–Kier alpha value is -0.870. The van der Waals surface area contributed by atoms with Crippen LogP contribution in [0.3, 0.4) is 0 Å². The van der Waals surface area contributed by atoms with Crippen LogP contribution in [0.25, 0.3) is 0 Å². The van der Waals surface area contributed by atoms with Crippen molar-refractivity contribution in [1.29, 1.82) is 0 Å². The number of carbonyl (C=O) groups excluding carboxylic acids is 1. The molecular weight excluding hydrogens is 292 g/mol. The molecule has 0 bridgehead atoms. The van der Waals surface area contributed by atoms with Crippen molar-refractivity contribution in [3.63, 3.8) is 0 Å². The molecule has 110 valence electrons. The van der Waals surface area contributed by atoms with Gasteiger partial charge in [0, 0.05) is 41.3 Å². The number of benzene rings is 1. The summed E-state index contributed by atoms with van der Waals surface area (Å²) in [5.74, 6) is 2.09. The molecule has 0 spiro atoms. The van der Waals surface area contributed by atoms with Gasteiger partial charge >= 0.3 is 0 Å². The van der Waals surface area contributed by atoms with Crippen molar-refractivity contribution < 1.29 is 4.79 Å². The Balaban J connectivity index is 2.24. The van der Waals surface area contributed by atoms with Gasteiger partial charge in [0.05, 0.1) is 5.56 Å². The van der Waals surface area contributed by atoms with Gasteiger partial charge in [-0.2, -0.15) is 11.8 Å². The molecule has 3 nitrogen and oxygen atoms in total. The molecule has 1 heterocycles. The Labute approximate surface area is 130 Å². The molecule has 0 aliphatic carbocycles. The number of nitrogens with one attached hydrogen (secondary N) is 1. The normalized spacial score (nSPS) is 18.9. The van der Waals surface area contributed by atoms with E-state index in [0.29, 0.717) is 10.6 Å². The van der Waals surface area contributed by atoms with Crippen LogP contribution in [0.5, 0.6) is 0 Å².